The zero-order chi connectivity index (χ0) is 18.8. The summed E-state index contributed by atoms with van der Waals surface area (Å²) in [5.41, 5.74) is 6.47. The van der Waals surface area contributed by atoms with Crippen LogP contribution < -0.4 is 10.6 Å². The second-order valence-corrected chi connectivity index (χ2v) is 7.43. The summed E-state index contributed by atoms with van der Waals surface area (Å²) < 4.78 is 0. The molecule has 0 bridgehead atoms. The predicted molar refractivity (Wildman–Crippen MR) is 119 cm³/mol. The van der Waals surface area contributed by atoms with Gasteiger partial charge >= 0.3 is 0 Å². The van der Waals surface area contributed by atoms with E-state index < -0.39 is 0 Å². The van der Waals surface area contributed by atoms with Crippen LogP contribution in [0, 0.1) is 0 Å². The molecular formula is C22H42N2S. The summed E-state index contributed by atoms with van der Waals surface area (Å²) in [5.74, 6) is 0. The number of thiol groups is 1. The fraction of sp³-hybridized carbons (Fsp3) is 0.727. The van der Waals surface area contributed by atoms with Crippen LogP contribution in [0.1, 0.15) is 84.5 Å². The first kappa shape index (κ1) is 24.3. The highest BCUT2D eigenvalue weighted by molar-refractivity contribution is 7.81. The molecule has 0 aromatic heterocycles. The van der Waals surface area contributed by atoms with Crippen molar-refractivity contribution in [1.82, 2.24) is 0 Å². The molecule has 1 aromatic carbocycles. The first-order valence-electron chi connectivity index (χ1n) is 10.3. The molecule has 3 heteroatoms. The van der Waals surface area contributed by atoms with Crippen molar-refractivity contribution in [3.8, 4) is 0 Å². The molecule has 0 radical (unpaired) electrons. The molecule has 0 aliphatic carbocycles. The SMILES string of the molecule is CCCCCCCCCC(S)N(C)c1ccccc1.CCCCCN. The summed E-state index contributed by atoms with van der Waals surface area (Å²) in [6.45, 7) is 5.30. The number of nitrogens with zero attached hydrogens (tertiary/aromatic N) is 1. The van der Waals surface area contributed by atoms with Crippen LogP contribution >= 0.6 is 12.6 Å². The second-order valence-electron chi connectivity index (χ2n) is 6.83. The molecule has 2 N–H and O–H groups in total. The maximum Gasteiger partial charge on any atom is 0.0718 e. The molecule has 0 spiro atoms. The van der Waals surface area contributed by atoms with Crippen molar-refractivity contribution in [2.75, 3.05) is 18.5 Å². The van der Waals surface area contributed by atoms with Crippen LogP contribution in [-0.4, -0.2) is 19.0 Å². The highest BCUT2D eigenvalue weighted by Gasteiger charge is 2.09. The summed E-state index contributed by atoms with van der Waals surface area (Å²) in [4.78, 5) is 2.26. The summed E-state index contributed by atoms with van der Waals surface area (Å²) in [6.07, 6.45) is 14.5. The van der Waals surface area contributed by atoms with Crippen LogP contribution in [0.5, 0.6) is 0 Å². The zero-order valence-electron chi connectivity index (χ0n) is 16.9. The lowest BCUT2D eigenvalue weighted by Crippen LogP contribution is -2.26. The van der Waals surface area contributed by atoms with E-state index in [4.69, 9.17) is 18.4 Å². The summed E-state index contributed by atoms with van der Waals surface area (Å²) in [6, 6.07) is 10.5. The maximum atomic E-state index is 5.21. The molecule has 0 fully saturated rings. The van der Waals surface area contributed by atoms with Gasteiger partial charge in [0.1, 0.15) is 0 Å². The van der Waals surface area contributed by atoms with Crippen LogP contribution in [-0.2, 0) is 0 Å². The average molecular weight is 367 g/mol. The standard InChI is InChI=1S/C17H29NS.C5H13N/c1-3-4-5-6-7-8-12-15-17(19)18(2)16-13-10-9-11-14-16;1-2-3-4-5-6/h9-11,13-14,17,19H,3-8,12,15H2,1-2H3;2-6H2,1H3. The molecule has 0 amide bonds. The molecule has 2 nitrogen and oxygen atoms in total. The Hall–Kier alpha value is -0.670. The quantitative estimate of drug-likeness (QED) is 0.232. The van der Waals surface area contributed by atoms with E-state index in [1.54, 1.807) is 0 Å². The van der Waals surface area contributed by atoms with Gasteiger partial charge in [0.25, 0.3) is 0 Å². The molecule has 0 aliphatic rings. The van der Waals surface area contributed by atoms with Crippen LogP contribution in [0.4, 0.5) is 5.69 Å². The van der Waals surface area contributed by atoms with Crippen LogP contribution in [0.25, 0.3) is 0 Å². The lowest BCUT2D eigenvalue weighted by molar-refractivity contribution is 0.568. The average Bonchev–Trinajstić information content (AvgIpc) is 2.66. The summed E-state index contributed by atoms with van der Waals surface area (Å²) >= 11 is 4.72. The van der Waals surface area contributed by atoms with E-state index in [0.717, 1.165) is 6.54 Å². The Morgan fingerprint density at radius 1 is 0.840 bits per heavy atom. The first-order valence-corrected chi connectivity index (χ1v) is 10.8. The van der Waals surface area contributed by atoms with E-state index in [0.29, 0.717) is 5.37 Å². The minimum atomic E-state index is 0.332. The van der Waals surface area contributed by atoms with Crippen molar-refractivity contribution in [1.29, 1.82) is 0 Å². The van der Waals surface area contributed by atoms with Crippen LogP contribution in [0.15, 0.2) is 30.3 Å². The van der Waals surface area contributed by atoms with Crippen molar-refractivity contribution in [2.24, 2.45) is 5.73 Å². The predicted octanol–water partition coefficient (Wildman–Crippen LogP) is 6.65. The van der Waals surface area contributed by atoms with Gasteiger partial charge in [0.15, 0.2) is 0 Å². The third kappa shape index (κ3) is 14.2. The van der Waals surface area contributed by atoms with Gasteiger partial charge in [0.2, 0.25) is 0 Å². The molecule has 0 saturated carbocycles. The Morgan fingerprint density at radius 2 is 1.36 bits per heavy atom. The van der Waals surface area contributed by atoms with E-state index in [1.807, 2.05) is 0 Å². The van der Waals surface area contributed by atoms with Gasteiger partial charge in [-0.2, -0.15) is 12.6 Å². The van der Waals surface area contributed by atoms with Gasteiger partial charge in [-0.05, 0) is 31.5 Å². The lowest BCUT2D eigenvalue weighted by Gasteiger charge is -2.26. The van der Waals surface area contributed by atoms with E-state index >= 15 is 0 Å². The first-order chi connectivity index (χ1) is 12.2. The van der Waals surface area contributed by atoms with E-state index in [-0.39, 0.29) is 0 Å². The highest BCUT2D eigenvalue weighted by Crippen LogP contribution is 2.20. The number of para-hydroxylation sites is 1. The Labute approximate surface area is 163 Å². The number of rotatable bonds is 13. The fourth-order valence-corrected chi connectivity index (χ4v) is 3.02. The normalized spacial score (nSPS) is 11.6. The van der Waals surface area contributed by atoms with Crippen molar-refractivity contribution in [2.45, 2.75) is 89.9 Å². The molecule has 1 unspecified atom stereocenters. The van der Waals surface area contributed by atoms with Crippen molar-refractivity contribution < 1.29 is 0 Å². The van der Waals surface area contributed by atoms with Crippen LogP contribution in [0.2, 0.25) is 0 Å². The molecule has 0 saturated heterocycles. The fourth-order valence-electron chi connectivity index (χ4n) is 2.71. The molecule has 1 rings (SSSR count). The Morgan fingerprint density at radius 3 is 1.88 bits per heavy atom. The number of nitrogens with two attached hydrogens (primary N) is 1. The van der Waals surface area contributed by atoms with Gasteiger partial charge in [-0.25, -0.2) is 0 Å². The molecule has 25 heavy (non-hydrogen) atoms. The monoisotopic (exact) mass is 366 g/mol. The minimum Gasteiger partial charge on any atom is -0.363 e. The van der Waals surface area contributed by atoms with E-state index in [9.17, 15) is 0 Å². The molecule has 0 aliphatic heterocycles. The van der Waals surface area contributed by atoms with Gasteiger partial charge in [-0.15, -0.1) is 0 Å². The van der Waals surface area contributed by atoms with Gasteiger partial charge in [-0.3, -0.25) is 0 Å². The highest BCUT2D eigenvalue weighted by atomic mass is 32.1. The summed E-state index contributed by atoms with van der Waals surface area (Å²) in [7, 11) is 2.13. The van der Waals surface area contributed by atoms with Gasteiger partial charge < -0.3 is 10.6 Å². The maximum absolute atomic E-state index is 5.21. The second kappa shape index (κ2) is 18.1. The molecule has 0 heterocycles. The van der Waals surface area contributed by atoms with Gasteiger partial charge in [0.05, 0.1) is 5.37 Å². The topological polar surface area (TPSA) is 29.3 Å². The number of benzene rings is 1. The van der Waals surface area contributed by atoms with E-state index in [2.05, 4.69) is 56.1 Å². The van der Waals surface area contributed by atoms with Crippen LogP contribution in [0.3, 0.4) is 0 Å². The molecular weight excluding hydrogens is 324 g/mol. The Kier molecular flexibility index (Phi) is 17.6. The number of hydrogen-bond acceptors (Lipinski definition) is 3. The third-order valence-corrected chi connectivity index (χ3v) is 5.09. The van der Waals surface area contributed by atoms with Crippen molar-refractivity contribution in [3.05, 3.63) is 30.3 Å². The number of anilines is 1. The lowest BCUT2D eigenvalue weighted by atomic mass is 10.1. The van der Waals surface area contributed by atoms with Crippen molar-refractivity contribution >= 4 is 18.3 Å². The molecule has 146 valence electrons. The number of hydrogen-bond donors (Lipinski definition) is 2. The smallest absolute Gasteiger partial charge is 0.0718 e. The Bertz CT molecular complexity index is 366. The van der Waals surface area contributed by atoms with Crippen molar-refractivity contribution in [3.63, 3.8) is 0 Å². The third-order valence-electron chi connectivity index (χ3n) is 4.48. The van der Waals surface area contributed by atoms with E-state index in [1.165, 1.54) is 76.3 Å². The molecule has 1 atom stereocenters. The Balaban J connectivity index is 0.000000823. The molecule has 1 aromatic rings. The summed E-state index contributed by atoms with van der Waals surface area (Å²) in [5, 5.41) is 0.332. The largest absolute Gasteiger partial charge is 0.363 e. The minimum absolute atomic E-state index is 0.332. The van der Waals surface area contributed by atoms with Gasteiger partial charge in [0, 0.05) is 12.7 Å². The number of unbranched alkanes of at least 4 members (excludes halogenated alkanes) is 8. The van der Waals surface area contributed by atoms with Gasteiger partial charge in [-0.1, -0.05) is 89.8 Å². The zero-order valence-corrected chi connectivity index (χ0v) is 17.8.